The number of nitrogens with zero attached hydrogens (tertiary/aromatic N) is 2. The number of amides is 1. The zero-order chi connectivity index (χ0) is 14.9. The van der Waals surface area contributed by atoms with E-state index in [9.17, 15) is 13.2 Å². The molecule has 0 saturated carbocycles. The van der Waals surface area contributed by atoms with Crippen LogP contribution in [-0.4, -0.2) is 40.4 Å². The number of carbonyl (C=O) groups is 1. The zero-order valence-corrected chi connectivity index (χ0v) is 12.9. The number of aromatic nitrogens is 2. The Morgan fingerprint density at radius 1 is 1.45 bits per heavy atom. The zero-order valence-electron chi connectivity index (χ0n) is 12.0. The average Bonchev–Trinajstić information content (AvgIpc) is 2.84. The molecule has 1 N–H and O–H groups in total. The van der Waals surface area contributed by atoms with Gasteiger partial charge in [0.25, 0.3) is 0 Å². The van der Waals surface area contributed by atoms with Crippen LogP contribution in [0.2, 0.25) is 0 Å². The molecule has 1 aliphatic heterocycles. The van der Waals surface area contributed by atoms with Crippen LogP contribution in [0.25, 0.3) is 0 Å². The van der Waals surface area contributed by atoms with Gasteiger partial charge >= 0.3 is 0 Å². The van der Waals surface area contributed by atoms with Gasteiger partial charge in [-0.2, -0.15) is 0 Å². The second-order valence-corrected chi connectivity index (χ2v) is 8.35. The summed E-state index contributed by atoms with van der Waals surface area (Å²) in [5.41, 5.74) is 0. The van der Waals surface area contributed by atoms with Crippen LogP contribution in [0.5, 0.6) is 0 Å². The van der Waals surface area contributed by atoms with Crippen LogP contribution in [0, 0.1) is 0 Å². The number of aryl methyl sites for hydroxylation is 1. The smallest absolute Gasteiger partial charge is 0.238 e. The lowest BCUT2D eigenvalue weighted by atomic mass is 10.1. The number of hydrogen-bond donors (Lipinski definition) is 1. The molecule has 0 aliphatic carbocycles. The number of imidazole rings is 1. The summed E-state index contributed by atoms with van der Waals surface area (Å²) < 4.78 is 26.0. The minimum Gasteiger partial charge on any atom is -0.350 e. The summed E-state index contributed by atoms with van der Waals surface area (Å²) in [7, 11) is -3.41. The van der Waals surface area contributed by atoms with Crippen molar-refractivity contribution in [3.8, 4) is 0 Å². The van der Waals surface area contributed by atoms with Crippen LogP contribution in [0.4, 0.5) is 0 Å². The minimum absolute atomic E-state index is 0.0333. The van der Waals surface area contributed by atoms with Crippen molar-refractivity contribution in [2.75, 3.05) is 0 Å². The maximum absolute atomic E-state index is 12.1. The number of sulfone groups is 1. The van der Waals surface area contributed by atoms with Crippen LogP contribution in [-0.2, 0) is 27.6 Å². The normalized spacial score (nSPS) is 20.5. The first-order valence-electron chi connectivity index (χ1n) is 6.85. The monoisotopic (exact) mass is 299 g/mol. The number of carbonyl (C=O) groups excluding carboxylic acids is 1. The SMILES string of the molecule is CC(C)S(=O)(=O)[C@@H](C)C(=O)N[C@@H]1CCc2nccn2C1. The second-order valence-electron chi connectivity index (χ2n) is 5.52. The third-order valence-corrected chi connectivity index (χ3v) is 6.31. The molecule has 2 heterocycles. The Bertz CT molecular complexity index is 592. The van der Waals surface area contributed by atoms with Gasteiger partial charge in [0.15, 0.2) is 9.84 Å². The molecule has 0 spiro atoms. The van der Waals surface area contributed by atoms with Gasteiger partial charge in [0.1, 0.15) is 11.1 Å². The molecular formula is C13H21N3O3S. The fourth-order valence-electron chi connectivity index (χ4n) is 2.36. The van der Waals surface area contributed by atoms with Gasteiger partial charge in [-0.1, -0.05) is 0 Å². The molecule has 0 radical (unpaired) electrons. The predicted molar refractivity (Wildman–Crippen MR) is 76.0 cm³/mol. The van der Waals surface area contributed by atoms with Crippen molar-refractivity contribution >= 4 is 15.7 Å². The molecule has 112 valence electrons. The Balaban J connectivity index is 2.00. The Hall–Kier alpha value is -1.37. The van der Waals surface area contributed by atoms with Crippen LogP contribution in [0.3, 0.4) is 0 Å². The first-order chi connectivity index (χ1) is 9.32. The quantitative estimate of drug-likeness (QED) is 0.879. The van der Waals surface area contributed by atoms with Crippen LogP contribution in [0.15, 0.2) is 12.4 Å². The summed E-state index contributed by atoms with van der Waals surface area (Å²) in [6.07, 6.45) is 5.20. The van der Waals surface area contributed by atoms with E-state index in [1.54, 1.807) is 20.0 Å². The molecule has 2 atom stereocenters. The molecule has 1 aromatic heterocycles. The van der Waals surface area contributed by atoms with Crippen molar-refractivity contribution in [3.05, 3.63) is 18.2 Å². The Kier molecular flexibility index (Phi) is 4.17. The molecule has 0 aromatic carbocycles. The summed E-state index contributed by atoms with van der Waals surface area (Å²) in [5.74, 6) is 0.602. The molecule has 0 unspecified atom stereocenters. The molecule has 0 saturated heterocycles. The van der Waals surface area contributed by atoms with E-state index in [4.69, 9.17) is 0 Å². The van der Waals surface area contributed by atoms with Gasteiger partial charge in [-0.3, -0.25) is 4.79 Å². The van der Waals surface area contributed by atoms with Crippen molar-refractivity contribution in [1.29, 1.82) is 0 Å². The molecule has 7 heteroatoms. The van der Waals surface area contributed by atoms with E-state index >= 15 is 0 Å². The maximum Gasteiger partial charge on any atom is 0.238 e. The third-order valence-electron chi connectivity index (χ3n) is 3.80. The topological polar surface area (TPSA) is 81.1 Å². The Morgan fingerprint density at radius 2 is 2.15 bits per heavy atom. The number of hydrogen-bond acceptors (Lipinski definition) is 4. The lowest BCUT2D eigenvalue weighted by molar-refractivity contribution is -0.121. The van der Waals surface area contributed by atoms with E-state index < -0.39 is 26.2 Å². The van der Waals surface area contributed by atoms with Crippen molar-refractivity contribution < 1.29 is 13.2 Å². The maximum atomic E-state index is 12.1. The van der Waals surface area contributed by atoms with Crippen LogP contribution in [0.1, 0.15) is 33.0 Å². The van der Waals surface area contributed by atoms with E-state index in [0.29, 0.717) is 6.54 Å². The number of nitrogens with one attached hydrogen (secondary N) is 1. The fourth-order valence-corrected chi connectivity index (χ4v) is 3.54. The molecular weight excluding hydrogens is 278 g/mol. The van der Waals surface area contributed by atoms with Gasteiger partial charge in [-0.15, -0.1) is 0 Å². The van der Waals surface area contributed by atoms with E-state index in [1.807, 2.05) is 10.8 Å². The summed E-state index contributed by atoms with van der Waals surface area (Å²) in [6.45, 7) is 5.29. The standard InChI is InChI=1S/C13H21N3O3S/c1-9(2)20(18,19)10(3)13(17)15-11-4-5-12-14-6-7-16(12)8-11/h6-7,9-11H,4-5,8H2,1-3H3,(H,15,17)/t10-,11+/m0/s1. The van der Waals surface area contributed by atoms with Gasteiger partial charge in [0.2, 0.25) is 5.91 Å². The highest BCUT2D eigenvalue weighted by Crippen LogP contribution is 2.14. The van der Waals surface area contributed by atoms with Crippen molar-refractivity contribution in [2.24, 2.45) is 0 Å². The summed E-state index contributed by atoms with van der Waals surface area (Å²) in [5, 5.41) is 1.29. The Morgan fingerprint density at radius 3 is 2.80 bits per heavy atom. The third kappa shape index (κ3) is 2.87. The van der Waals surface area contributed by atoms with Crippen molar-refractivity contribution in [3.63, 3.8) is 0 Å². The van der Waals surface area contributed by atoms with Gasteiger partial charge in [0.05, 0.1) is 5.25 Å². The van der Waals surface area contributed by atoms with Gasteiger partial charge in [-0.25, -0.2) is 13.4 Å². The molecule has 6 nitrogen and oxygen atoms in total. The first kappa shape index (κ1) is 15.0. The molecule has 0 bridgehead atoms. The molecule has 2 rings (SSSR count). The lowest BCUT2D eigenvalue weighted by Crippen LogP contribution is -2.47. The van der Waals surface area contributed by atoms with Gasteiger partial charge in [-0.05, 0) is 27.2 Å². The number of fused-ring (bicyclic) bond motifs is 1. The van der Waals surface area contributed by atoms with E-state index in [1.165, 1.54) is 6.92 Å². The number of rotatable bonds is 4. The Labute approximate surface area is 119 Å². The first-order valence-corrected chi connectivity index (χ1v) is 8.46. The van der Waals surface area contributed by atoms with Gasteiger partial charge < -0.3 is 9.88 Å². The van der Waals surface area contributed by atoms with Crippen LogP contribution < -0.4 is 5.32 Å². The largest absolute Gasteiger partial charge is 0.350 e. The molecule has 1 amide bonds. The fraction of sp³-hybridized carbons (Fsp3) is 0.692. The molecule has 20 heavy (non-hydrogen) atoms. The molecule has 0 fully saturated rings. The summed E-state index contributed by atoms with van der Waals surface area (Å²) >= 11 is 0. The highest BCUT2D eigenvalue weighted by Gasteiger charge is 2.32. The summed E-state index contributed by atoms with van der Waals surface area (Å²) in [4.78, 5) is 16.3. The predicted octanol–water partition coefficient (Wildman–Crippen LogP) is 0.526. The summed E-state index contributed by atoms with van der Waals surface area (Å²) in [6, 6.07) is -0.0333. The van der Waals surface area contributed by atoms with E-state index in [2.05, 4.69) is 10.3 Å². The van der Waals surface area contributed by atoms with Crippen molar-refractivity contribution in [2.45, 2.75) is 56.7 Å². The van der Waals surface area contributed by atoms with Crippen LogP contribution >= 0.6 is 0 Å². The highest BCUT2D eigenvalue weighted by atomic mass is 32.2. The molecule has 1 aliphatic rings. The molecule has 1 aromatic rings. The average molecular weight is 299 g/mol. The minimum atomic E-state index is -3.41. The second kappa shape index (κ2) is 5.55. The lowest BCUT2D eigenvalue weighted by Gasteiger charge is -2.26. The van der Waals surface area contributed by atoms with Gasteiger partial charge in [0, 0.05) is 31.4 Å². The van der Waals surface area contributed by atoms with E-state index in [0.717, 1.165) is 18.7 Å². The van der Waals surface area contributed by atoms with Crippen molar-refractivity contribution in [1.82, 2.24) is 14.9 Å². The highest BCUT2D eigenvalue weighted by molar-refractivity contribution is 7.93. The van der Waals surface area contributed by atoms with E-state index in [-0.39, 0.29) is 6.04 Å².